The molecule has 25 heavy (non-hydrogen) atoms. The molecule has 0 aliphatic carbocycles. The Morgan fingerprint density at radius 2 is 0.920 bits per heavy atom. The van der Waals surface area contributed by atoms with Crippen LogP contribution in [0.25, 0.3) is 9.40 Å². The summed E-state index contributed by atoms with van der Waals surface area (Å²) in [5.41, 5.74) is 3.26. The van der Waals surface area contributed by atoms with E-state index in [9.17, 15) is 0 Å². The van der Waals surface area contributed by atoms with Gasteiger partial charge in [-0.15, -0.1) is 22.7 Å². The van der Waals surface area contributed by atoms with Gasteiger partial charge in [0, 0.05) is 9.40 Å². The first-order chi connectivity index (χ1) is 11.9. The van der Waals surface area contributed by atoms with Gasteiger partial charge in [-0.05, 0) is 47.6 Å². The van der Waals surface area contributed by atoms with E-state index in [1.54, 1.807) is 20.5 Å². The predicted molar refractivity (Wildman–Crippen MR) is 122 cm³/mol. The van der Waals surface area contributed by atoms with Crippen molar-refractivity contribution in [1.29, 1.82) is 0 Å². The summed E-state index contributed by atoms with van der Waals surface area (Å²) in [7, 11) is 0. The first-order valence-electron chi connectivity index (χ1n) is 10.3. The van der Waals surface area contributed by atoms with E-state index < -0.39 is 0 Å². The maximum atomic E-state index is 2.44. The summed E-state index contributed by atoms with van der Waals surface area (Å²) in [4.78, 5) is 0. The molecule has 2 aromatic rings. The van der Waals surface area contributed by atoms with Gasteiger partial charge in [0.2, 0.25) is 0 Å². The number of unbranched alkanes of at least 4 members (excludes halogenated alkanes) is 10. The zero-order chi connectivity index (χ0) is 17.0. The van der Waals surface area contributed by atoms with Crippen LogP contribution in [-0.4, -0.2) is 23.9 Å². The van der Waals surface area contributed by atoms with Gasteiger partial charge in [0.05, 0.1) is 0 Å². The van der Waals surface area contributed by atoms with E-state index in [4.69, 9.17) is 0 Å². The summed E-state index contributed by atoms with van der Waals surface area (Å²) in [6, 6.07) is 0. The summed E-state index contributed by atoms with van der Waals surface area (Å²) in [6.07, 6.45) is 19.4. The van der Waals surface area contributed by atoms with Gasteiger partial charge in [-0.1, -0.05) is 78.1 Å². The third kappa shape index (κ3) is 8.34. The van der Waals surface area contributed by atoms with Crippen molar-refractivity contribution < 1.29 is 0 Å². The molecule has 0 bridgehead atoms. The van der Waals surface area contributed by atoms with E-state index in [2.05, 4.69) is 24.6 Å². The van der Waals surface area contributed by atoms with E-state index in [1.165, 1.54) is 89.9 Å². The van der Waals surface area contributed by atoms with E-state index in [-0.39, 0.29) is 23.9 Å². The second kappa shape index (κ2) is 14.5. The number of thiophene rings is 2. The Morgan fingerprint density at radius 3 is 1.32 bits per heavy atom. The molecule has 2 heterocycles. The first kappa shape index (κ1) is 23.5. The Hall–Kier alpha value is 0.459. The van der Waals surface area contributed by atoms with Crippen molar-refractivity contribution in [1.82, 2.24) is 0 Å². The summed E-state index contributed by atoms with van der Waals surface area (Å²) < 4.78 is 3.21. The molecule has 0 atom stereocenters. The number of aryl methyl sites for hydroxylation is 2. The average molecular weight is 485 g/mol. The van der Waals surface area contributed by atoms with Crippen molar-refractivity contribution in [3.05, 3.63) is 21.9 Å². The fourth-order valence-electron chi connectivity index (χ4n) is 3.45. The zero-order valence-electron chi connectivity index (χ0n) is 16.6. The van der Waals surface area contributed by atoms with E-state index in [1.807, 2.05) is 22.7 Å². The topological polar surface area (TPSA) is 0 Å². The molecule has 0 unspecified atom stereocenters. The van der Waals surface area contributed by atoms with Crippen LogP contribution in [0.1, 0.15) is 102 Å². The molecule has 0 saturated heterocycles. The minimum absolute atomic E-state index is 0. The average Bonchev–Trinajstić information content (AvgIpc) is 3.17. The maximum absolute atomic E-state index is 2.44. The molecule has 0 aliphatic heterocycles. The number of fused-ring (bicyclic) bond motifs is 1. The summed E-state index contributed by atoms with van der Waals surface area (Å²) in [5.74, 6) is 0. The molecule has 0 nitrogen and oxygen atoms in total. The van der Waals surface area contributed by atoms with Gasteiger partial charge >= 0.3 is 23.9 Å². The predicted octanol–water partition coefficient (Wildman–Crippen LogP) is 7.85. The fraction of sp³-hybridized carbons (Fsp3) is 0.727. The summed E-state index contributed by atoms with van der Waals surface area (Å²) in [6.45, 7) is 4.59. The molecule has 2 aromatic heterocycles. The molecular formula is C22H38S2Sn. The van der Waals surface area contributed by atoms with Gasteiger partial charge in [0.15, 0.2) is 0 Å². The number of hydrogen-bond acceptors (Lipinski definition) is 2. The Kier molecular flexibility index (Phi) is 13.6. The van der Waals surface area contributed by atoms with Crippen molar-refractivity contribution in [2.24, 2.45) is 0 Å². The standard InChI is InChI=1S/C22H36S2.Sn.2H/c1-3-5-7-9-11-13-15-19-17-23-22-20(18-24-21(19)22)16-14-12-10-8-6-4-2;;;/h17-18H,3-16H2,1-2H3;;;. The summed E-state index contributed by atoms with van der Waals surface area (Å²) >= 11 is 4.00. The van der Waals surface area contributed by atoms with E-state index in [0.717, 1.165) is 0 Å². The van der Waals surface area contributed by atoms with E-state index in [0.29, 0.717) is 0 Å². The minimum atomic E-state index is 0. The molecule has 0 fully saturated rings. The zero-order valence-corrected chi connectivity index (χ0v) is 22.2. The molecule has 0 aromatic carbocycles. The molecular weight excluding hydrogens is 447 g/mol. The fourth-order valence-corrected chi connectivity index (χ4v) is 5.98. The SMILES string of the molecule is CCCCCCCCc1csc2c(CCCCCCCC)csc12.[SnH2]. The molecule has 2 rings (SSSR count). The van der Waals surface area contributed by atoms with Crippen molar-refractivity contribution >= 4 is 56.0 Å². The van der Waals surface area contributed by atoms with Gasteiger partial charge < -0.3 is 0 Å². The summed E-state index contributed by atoms with van der Waals surface area (Å²) in [5, 5.41) is 4.88. The molecule has 3 heteroatoms. The second-order valence-corrected chi connectivity index (χ2v) is 8.97. The van der Waals surface area contributed by atoms with Gasteiger partial charge in [-0.25, -0.2) is 0 Å². The Balaban J connectivity index is 0.00000312. The van der Waals surface area contributed by atoms with Crippen molar-refractivity contribution in [2.75, 3.05) is 0 Å². The van der Waals surface area contributed by atoms with Crippen LogP contribution >= 0.6 is 22.7 Å². The van der Waals surface area contributed by atoms with Crippen LogP contribution in [0.15, 0.2) is 10.8 Å². The van der Waals surface area contributed by atoms with Gasteiger partial charge in [0.25, 0.3) is 0 Å². The molecule has 2 radical (unpaired) electrons. The Bertz CT molecular complexity index is 505. The first-order valence-corrected chi connectivity index (χ1v) is 12.1. The van der Waals surface area contributed by atoms with Crippen LogP contribution < -0.4 is 0 Å². The van der Waals surface area contributed by atoms with Crippen LogP contribution in [0.2, 0.25) is 0 Å². The van der Waals surface area contributed by atoms with Crippen molar-refractivity contribution in [3.8, 4) is 0 Å². The molecule has 0 N–H and O–H groups in total. The molecule has 0 amide bonds. The van der Waals surface area contributed by atoms with Gasteiger partial charge in [-0.2, -0.15) is 0 Å². The van der Waals surface area contributed by atoms with Gasteiger partial charge in [0.1, 0.15) is 0 Å². The Morgan fingerprint density at radius 1 is 0.560 bits per heavy atom. The van der Waals surface area contributed by atoms with Crippen LogP contribution in [0, 0.1) is 0 Å². The number of rotatable bonds is 14. The Labute approximate surface area is 180 Å². The second-order valence-electron chi connectivity index (χ2n) is 7.22. The quantitative estimate of drug-likeness (QED) is 0.189. The molecule has 0 spiro atoms. The van der Waals surface area contributed by atoms with Crippen molar-refractivity contribution in [2.45, 2.75) is 104 Å². The van der Waals surface area contributed by atoms with Crippen LogP contribution in [0.3, 0.4) is 0 Å². The van der Waals surface area contributed by atoms with E-state index >= 15 is 0 Å². The monoisotopic (exact) mass is 486 g/mol. The third-order valence-electron chi connectivity index (χ3n) is 5.03. The van der Waals surface area contributed by atoms with Gasteiger partial charge in [-0.3, -0.25) is 0 Å². The number of hydrogen-bond donors (Lipinski definition) is 0. The van der Waals surface area contributed by atoms with Crippen LogP contribution in [-0.2, 0) is 12.8 Å². The normalized spacial score (nSPS) is 11.1. The van der Waals surface area contributed by atoms with Crippen LogP contribution in [0.4, 0.5) is 0 Å². The molecule has 142 valence electrons. The van der Waals surface area contributed by atoms with Crippen LogP contribution in [0.5, 0.6) is 0 Å². The third-order valence-corrected chi connectivity index (χ3v) is 7.36. The molecule has 0 aliphatic rings. The van der Waals surface area contributed by atoms with Crippen molar-refractivity contribution in [3.63, 3.8) is 0 Å². The molecule has 0 saturated carbocycles.